The Morgan fingerprint density at radius 1 is 1.17 bits per heavy atom. The van der Waals surface area contributed by atoms with Gasteiger partial charge in [-0.05, 0) is 44.2 Å². The standard InChI is InChI=1S/C17H17ClN2O3/c1-10-3-6-13(7-4-10)20-16(21)11(2)23-17(22)14-8-5-12(18)9-15(14)19/h3-9,11H,19H2,1-2H3,(H,20,21)/t11-/m1/s1. The van der Waals surface area contributed by atoms with Crippen molar-refractivity contribution in [1.29, 1.82) is 0 Å². The van der Waals surface area contributed by atoms with Crippen molar-refractivity contribution in [3.05, 3.63) is 58.6 Å². The number of carbonyl (C=O) groups is 2. The van der Waals surface area contributed by atoms with Gasteiger partial charge in [0.2, 0.25) is 0 Å². The summed E-state index contributed by atoms with van der Waals surface area (Å²) in [7, 11) is 0. The Kier molecular flexibility index (Phi) is 5.24. The van der Waals surface area contributed by atoms with Gasteiger partial charge < -0.3 is 15.8 Å². The van der Waals surface area contributed by atoms with Gasteiger partial charge in [-0.3, -0.25) is 4.79 Å². The minimum absolute atomic E-state index is 0.171. The molecular formula is C17H17ClN2O3. The number of hydrogen-bond acceptors (Lipinski definition) is 4. The lowest BCUT2D eigenvalue weighted by atomic mass is 10.2. The highest BCUT2D eigenvalue weighted by Gasteiger charge is 2.20. The third kappa shape index (κ3) is 4.47. The first-order valence-electron chi connectivity index (χ1n) is 7.00. The molecule has 0 aliphatic heterocycles. The number of benzene rings is 2. The van der Waals surface area contributed by atoms with Crippen molar-refractivity contribution < 1.29 is 14.3 Å². The molecule has 0 spiro atoms. The van der Waals surface area contributed by atoms with Gasteiger partial charge in [-0.1, -0.05) is 29.3 Å². The van der Waals surface area contributed by atoms with E-state index in [-0.39, 0.29) is 11.3 Å². The number of esters is 1. The summed E-state index contributed by atoms with van der Waals surface area (Å²) in [4.78, 5) is 24.1. The van der Waals surface area contributed by atoms with E-state index in [0.29, 0.717) is 10.7 Å². The zero-order chi connectivity index (χ0) is 17.0. The van der Waals surface area contributed by atoms with E-state index in [4.69, 9.17) is 22.1 Å². The Morgan fingerprint density at radius 2 is 1.83 bits per heavy atom. The van der Waals surface area contributed by atoms with Crippen molar-refractivity contribution in [2.45, 2.75) is 20.0 Å². The molecule has 0 aliphatic rings. The van der Waals surface area contributed by atoms with E-state index in [1.807, 2.05) is 19.1 Å². The Bertz CT molecular complexity index is 729. The SMILES string of the molecule is Cc1ccc(NC(=O)[C@@H](C)OC(=O)c2ccc(Cl)cc2N)cc1. The van der Waals surface area contributed by atoms with E-state index in [9.17, 15) is 9.59 Å². The van der Waals surface area contributed by atoms with Gasteiger partial charge >= 0.3 is 5.97 Å². The summed E-state index contributed by atoms with van der Waals surface area (Å²) in [5, 5.41) is 3.10. The summed E-state index contributed by atoms with van der Waals surface area (Å²) < 4.78 is 5.14. The maximum Gasteiger partial charge on any atom is 0.341 e. The van der Waals surface area contributed by atoms with Crippen LogP contribution in [0, 0.1) is 6.92 Å². The van der Waals surface area contributed by atoms with Crippen LogP contribution in [0.15, 0.2) is 42.5 Å². The molecule has 0 aliphatic carbocycles. The van der Waals surface area contributed by atoms with Crippen molar-refractivity contribution in [3.63, 3.8) is 0 Å². The highest BCUT2D eigenvalue weighted by atomic mass is 35.5. The van der Waals surface area contributed by atoms with E-state index in [1.165, 1.54) is 25.1 Å². The molecule has 0 saturated heterocycles. The number of anilines is 2. The van der Waals surface area contributed by atoms with E-state index in [2.05, 4.69) is 5.32 Å². The lowest BCUT2D eigenvalue weighted by Gasteiger charge is -2.14. The third-order valence-corrected chi connectivity index (χ3v) is 3.44. The molecule has 6 heteroatoms. The van der Waals surface area contributed by atoms with Gasteiger partial charge in [0.05, 0.1) is 5.56 Å². The van der Waals surface area contributed by atoms with Crippen molar-refractivity contribution in [1.82, 2.24) is 0 Å². The molecule has 120 valence electrons. The number of aryl methyl sites for hydroxylation is 1. The number of halogens is 1. The zero-order valence-electron chi connectivity index (χ0n) is 12.8. The molecule has 1 atom stereocenters. The van der Waals surface area contributed by atoms with Crippen molar-refractivity contribution in [2.75, 3.05) is 11.1 Å². The fourth-order valence-corrected chi connectivity index (χ4v) is 2.06. The van der Waals surface area contributed by atoms with Crippen LogP contribution in [-0.2, 0) is 9.53 Å². The van der Waals surface area contributed by atoms with Gasteiger partial charge in [-0.15, -0.1) is 0 Å². The molecule has 0 radical (unpaired) electrons. The number of nitrogen functional groups attached to an aromatic ring is 1. The minimum Gasteiger partial charge on any atom is -0.449 e. The molecule has 2 aromatic rings. The molecule has 1 amide bonds. The number of amides is 1. The first-order chi connectivity index (χ1) is 10.9. The second-order valence-corrected chi connectivity index (χ2v) is 5.57. The monoisotopic (exact) mass is 332 g/mol. The fraction of sp³-hybridized carbons (Fsp3) is 0.176. The molecule has 0 heterocycles. The molecule has 5 nitrogen and oxygen atoms in total. The highest BCUT2D eigenvalue weighted by Crippen LogP contribution is 2.19. The number of nitrogens with one attached hydrogen (secondary N) is 1. The molecule has 0 unspecified atom stereocenters. The van der Waals surface area contributed by atoms with Crippen LogP contribution in [0.5, 0.6) is 0 Å². The fourth-order valence-electron chi connectivity index (χ4n) is 1.88. The summed E-state index contributed by atoms with van der Waals surface area (Å²) in [6.45, 7) is 3.44. The number of carbonyl (C=O) groups excluding carboxylic acids is 2. The molecule has 0 fully saturated rings. The van der Waals surface area contributed by atoms with Crippen LogP contribution in [0.3, 0.4) is 0 Å². The molecule has 0 saturated carbocycles. The van der Waals surface area contributed by atoms with Crippen LogP contribution in [0.2, 0.25) is 5.02 Å². The Labute approximate surface area is 139 Å². The normalized spacial score (nSPS) is 11.6. The summed E-state index contributed by atoms with van der Waals surface area (Å²) in [5.41, 5.74) is 7.82. The van der Waals surface area contributed by atoms with Crippen LogP contribution >= 0.6 is 11.6 Å². The van der Waals surface area contributed by atoms with E-state index >= 15 is 0 Å². The summed E-state index contributed by atoms with van der Waals surface area (Å²) in [5.74, 6) is -1.10. The summed E-state index contributed by atoms with van der Waals surface area (Å²) >= 11 is 5.78. The molecule has 3 N–H and O–H groups in total. The maximum absolute atomic E-state index is 12.1. The topological polar surface area (TPSA) is 81.4 Å². The number of nitrogens with two attached hydrogens (primary N) is 1. The average molecular weight is 333 g/mol. The quantitative estimate of drug-likeness (QED) is 0.664. The first kappa shape index (κ1) is 16.8. The highest BCUT2D eigenvalue weighted by molar-refractivity contribution is 6.31. The molecule has 0 aromatic heterocycles. The lowest BCUT2D eigenvalue weighted by Crippen LogP contribution is -2.30. The second kappa shape index (κ2) is 7.15. The van der Waals surface area contributed by atoms with E-state index < -0.39 is 18.0 Å². The average Bonchev–Trinajstić information content (AvgIpc) is 2.49. The van der Waals surface area contributed by atoms with Crippen LogP contribution in [0.4, 0.5) is 11.4 Å². The van der Waals surface area contributed by atoms with Crippen LogP contribution in [0.25, 0.3) is 0 Å². The molecule has 23 heavy (non-hydrogen) atoms. The van der Waals surface area contributed by atoms with E-state index in [1.54, 1.807) is 12.1 Å². The Balaban J connectivity index is 2.00. The van der Waals surface area contributed by atoms with Crippen molar-refractivity contribution >= 4 is 34.9 Å². The number of ether oxygens (including phenoxy) is 1. The largest absolute Gasteiger partial charge is 0.449 e. The maximum atomic E-state index is 12.1. The van der Waals surface area contributed by atoms with Gasteiger partial charge in [-0.2, -0.15) is 0 Å². The minimum atomic E-state index is -0.959. The third-order valence-electron chi connectivity index (χ3n) is 3.21. The van der Waals surface area contributed by atoms with Gasteiger partial charge in [0.1, 0.15) is 0 Å². The number of hydrogen-bond donors (Lipinski definition) is 2. The Morgan fingerprint density at radius 3 is 2.43 bits per heavy atom. The molecular weight excluding hydrogens is 316 g/mol. The summed E-state index contributed by atoms with van der Waals surface area (Å²) in [6.07, 6.45) is -0.959. The predicted octanol–water partition coefficient (Wildman–Crippen LogP) is 3.41. The van der Waals surface area contributed by atoms with Crippen molar-refractivity contribution in [2.24, 2.45) is 0 Å². The number of rotatable bonds is 4. The molecule has 2 aromatic carbocycles. The van der Waals surface area contributed by atoms with Crippen LogP contribution in [0.1, 0.15) is 22.8 Å². The van der Waals surface area contributed by atoms with Gasteiger partial charge in [0.25, 0.3) is 5.91 Å². The van der Waals surface area contributed by atoms with Gasteiger partial charge in [-0.25, -0.2) is 4.79 Å². The van der Waals surface area contributed by atoms with Crippen LogP contribution in [-0.4, -0.2) is 18.0 Å². The smallest absolute Gasteiger partial charge is 0.341 e. The lowest BCUT2D eigenvalue weighted by molar-refractivity contribution is -0.123. The zero-order valence-corrected chi connectivity index (χ0v) is 13.6. The summed E-state index contributed by atoms with van der Waals surface area (Å²) in [6, 6.07) is 11.8. The second-order valence-electron chi connectivity index (χ2n) is 5.13. The van der Waals surface area contributed by atoms with Crippen molar-refractivity contribution in [3.8, 4) is 0 Å². The predicted molar refractivity (Wildman–Crippen MR) is 90.6 cm³/mol. The first-order valence-corrected chi connectivity index (χ1v) is 7.38. The Hall–Kier alpha value is -2.53. The van der Waals surface area contributed by atoms with Gasteiger partial charge in [0.15, 0.2) is 6.10 Å². The van der Waals surface area contributed by atoms with Crippen LogP contribution < -0.4 is 11.1 Å². The molecule has 2 rings (SSSR count). The molecule has 0 bridgehead atoms. The van der Waals surface area contributed by atoms with E-state index in [0.717, 1.165) is 5.56 Å². The van der Waals surface area contributed by atoms with Gasteiger partial charge in [0, 0.05) is 16.4 Å².